The summed E-state index contributed by atoms with van der Waals surface area (Å²) in [5.74, 6) is 0.695. The lowest BCUT2D eigenvalue weighted by atomic mass is 9.94. The molecule has 0 aliphatic carbocycles. The third-order valence-electron chi connectivity index (χ3n) is 5.95. The Bertz CT molecular complexity index is 1630. The lowest BCUT2D eigenvalue weighted by molar-refractivity contribution is 0.347. The summed E-state index contributed by atoms with van der Waals surface area (Å²) in [5, 5.41) is 0. The summed E-state index contributed by atoms with van der Waals surface area (Å²) < 4.78 is 77.0. The molecule has 0 saturated heterocycles. The van der Waals surface area contributed by atoms with Gasteiger partial charge in [-0.1, -0.05) is 49.8 Å². The molecule has 0 fully saturated rings. The van der Waals surface area contributed by atoms with Gasteiger partial charge in [0.1, 0.15) is 12.4 Å². The van der Waals surface area contributed by atoms with E-state index in [0.29, 0.717) is 17.0 Å². The molecule has 222 valence electrons. The topological polar surface area (TPSA) is 114 Å². The summed E-state index contributed by atoms with van der Waals surface area (Å²) in [4.78, 5) is 0. The van der Waals surface area contributed by atoms with E-state index in [1.807, 2.05) is 44.2 Å². The first-order valence-corrected chi connectivity index (χ1v) is 16.4. The van der Waals surface area contributed by atoms with Crippen LogP contribution in [-0.2, 0) is 20.2 Å². The molecule has 3 aromatic rings. The quantitative estimate of drug-likeness (QED) is 0.176. The van der Waals surface area contributed by atoms with Crippen molar-refractivity contribution in [1.82, 2.24) is 0 Å². The first kappa shape index (κ1) is 31.8. The molecular weight excluding hydrogens is 568 g/mol. The van der Waals surface area contributed by atoms with E-state index in [1.165, 1.54) is 26.4 Å². The second-order valence-electron chi connectivity index (χ2n) is 9.97. The SMILES string of the molecule is COc1cc(-c2ccc(C(C)C)cc2)c(OC)c(OS(C)(=O)=O)c1-c1ccc(OCC=C(C)C)c(OS(C)(=O)=O)c1. The molecule has 0 amide bonds. The molecule has 0 saturated carbocycles. The Morgan fingerprint density at radius 2 is 1.37 bits per heavy atom. The Balaban J connectivity index is 2.32. The minimum atomic E-state index is -4.04. The molecule has 0 aromatic heterocycles. The fourth-order valence-electron chi connectivity index (χ4n) is 4.06. The van der Waals surface area contributed by atoms with Crippen molar-refractivity contribution >= 4 is 20.2 Å². The van der Waals surface area contributed by atoms with Gasteiger partial charge in [0.15, 0.2) is 23.0 Å². The fraction of sp³-hybridized carbons (Fsp3) is 0.333. The summed E-state index contributed by atoms with van der Waals surface area (Å²) in [7, 11) is -5.14. The smallest absolute Gasteiger partial charge is 0.306 e. The van der Waals surface area contributed by atoms with E-state index in [-0.39, 0.29) is 40.9 Å². The summed E-state index contributed by atoms with van der Waals surface area (Å²) in [6, 6.07) is 14.1. The Labute approximate surface area is 242 Å². The van der Waals surface area contributed by atoms with Crippen LogP contribution in [0.1, 0.15) is 39.2 Å². The highest BCUT2D eigenvalue weighted by molar-refractivity contribution is 7.86. The second-order valence-corrected chi connectivity index (χ2v) is 13.1. The van der Waals surface area contributed by atoms with Gasteiger partial charge in [0.05, 0.1) is 32.3 Å². The van der Waals surface area contributed by atoms with Crippen LogP contribution in [0.4, 0.5) is 0 Å². The molecule has 3 aromatic carbocycles. The van der Waals surface area contributed by atoms with Crippen LogP contribution in [0.15, 0.2) is 60.2 Å². The van der Waals surface area contributed by atoms with Crippen LogP contribution < -0.4 is 22.6 Å². The molecule has 0 N–H and O–H groups in total. The molecule has 0 heterocycles. The molecule has 0 radical (unpaired) electrons. The Morgan fingerprint density at radius 1 is 0.756 bits per heavy atom. The van der Waals surface area contributed by atoms with Gasteiger partial charge in [-0.05, 0) is 60.7 Å². The van der Waals surface area contributed by atoms with Crippen LogP contribution in [0.3, 0.4) is 0 Å². The maximum Gasteiger partial charge on any atom is 0.306 e. The van der Waals surface area contributed by atoms with Crippen molar-refractivity contribution < 1.29 is 39.4 Å². The summed E-state index contributed by atoms with van der Waals surface area (Å²) in [6.45, 7) is 8.18. The number of benzene rings is 3. The van der Waals surface area contributed by atoms with E-state index >= 15 is 0 Å². The Morgan fingerprint density at radius 3 is 1.88 bits per heavy atom. The molecule has 11 heteroatoms. The van der Waals surface area contributed by atoms with Crippen LogP contribution >= 0.6 is 0 Å². The van der Waals surface area contributed by atoms with Crippen LogP contribution in [0, 0.1) is 0 Å². The zero-order chi connectivity index (χ0) is 30.5. The number of rotatable bonds is 12. The average Bonchev–Trinajstić information content (AvgIpc) is 2.87. The monoisotopic (exact) mass is 604 g/mol. The van der Waals surface area contributed by atoms with Crippen LogP contribution in [-0.4, -0.2) is 50.2 Å². The molecule has 0 aliphatic rings. The van der Waals surface area contributed by atoms with Crippen molar-refractivity contribution in [2.75, 3.05) is 33.3 Å². The molecule has 0 spiro atoms. The molecule has 9 nitrogen and oxygen atoms in total. The number of hydrogen-bond donors (Lipinski definition) is 0. The first-order chi connectivity index (χ1) is 19.1. The van der Waals surface area contributed by atoms with E-state index in [9.17, 15) is 16.8 Å². The summed E-state index contributed by atoms with van der Waals surface area (Å²) in [6.07, 6.45) is 3.67. The lowest BCUT2D eigenvalue weighted by Crippen LogP contribution is -2.10. The summed E-state index contributed by atoms with van der Waals surface area (Å²) >= 11 is 0. The minimum Gasteiger partial charge on any atom is -0.496 e. The van der Waals surface area contributed by atoms with Gasteiger partial charge < -0.3 is 22.6 Å². The third-order valence-corrected chi connectivity index (χ3v) is 6.90. The van der Waals surface area contributed by atoms with E-state index in [1.54, 1.807) is 12.1 Å². The maximum atomic E-state index is 12.5. The summed E-state index contributed by atoms with van der Waals surface area (Å²) in [5.41, 5.74) is 4.00. The van der Waals surface area contributed by atoms with Crippen molar-refractivity contribution in [3.63, 3.8) is 0 Å². The van der Waals surface area contributed by atoms with Gasteiger partial charge in [-0.2, -0.15) is 16.8 Å². The molecule has 0 bridgehead atoms. The van der Waals surface area contributed by atoms with Gasteiger partial charge >= 0.3 is 20.2 Å². The Hall–Kier alpha value is -3.70. The van der Waals surface area contributed by atoms with Crippen molar-refractivity contribution in [3.05, 3.63) is 65.7 Å². The predicted molar refractivity (Wildman–Crippen MR) is 160 cm³/mol. The highest BCUT2D eigenvalue weighted by Gasteiger charge is 2.27. The maximum absolute atomic E-state index is 12.5. The Kier molecular flexibility index (Phi) is 9.98. The first-order valence-electron chi connectivity index (χ1n) is 12.7. The van der Waals surface area contributed by atoms with Gasteiger partial charge in [0.2, 0.25) is 0 Å². The van der Waals surface area contributed by atoms with Crippen molar-refractivity contribution in [3.8, 4) is 51.0 Å². The normalized spacial score (nSPS) is 11.6. The van der Waals surface area contributed by atoms with E-state index in [4.69, 9.17) is 22.6 Å². The van der Waals surface area contributed by atoms with Gasteiger partial charge in [0.25, 0.3) is 0 Å². The van der Waals surface area contributed by atoms with Gasteiger partial charge in [-0.15, -0.1) is 0 Å². The third kappa shape index (κ3) is 8.40. The number of hydrogen-bond acceptors (Lipinski definition) is 9. The van der Waals surface area contributed by atoms with Crippen LogP contribution in [0.5, 0.6) is 28.7 Å². The highest BCUT2D eigenvalue weighted by Crippen LogP contribution is 2.51. The fourth-order valence-corrected chi connectivity index (χ4v) is 4.97. The van der Waals surface area contributed by atoms with Crippen molar-refractivity contribution in [2.24, 2.45) is 0 Å². The molecule has 0 atom stereocenters. The molecule has 0 aliphatic heterocycles. The standard InChI is InChI=1S/C30H36O9S2/c1-19(2)15-16-37-25-14-13-23(17-26(25)38-40(7,31)32)28-27(35-5)18-24(22-11-9-21(10-12-22)20(3)4)29(36-6)30(28)39-41(8,33)34/h9-15,17-18,20H,16H2,1-8H3. The minimum absolute atomic E-state index is 0.0909. The molecule has 3 rings (SSSR count). The van der Waals surface area contributed by atoms with Gasteiger partial charge in [-0.25, -0.2) is 0 Å². The molecule has 0 unspecified atom stereocenters. The van der Waals surface area contributed by atoms with E-state index < -0.39 is 20.2 Å². The van der Waals surface area contributed by atoms with Crippen LogP contribution in [0.25, 0.3) is 22.3 Å². The average molecular weight is 605 g/mol. The number of methoxy groups -OCH3 is 2. The molecular formula is C30H36O9S2. The number of allylic oxidation sites excluding steroid dienone is 1. The van der Waals surface area contributed by atoms with E-state index in [0.717, 1.165) is 29.2 Å². The van der Waals surface area contributed by atoms with Crippen molar-refractivity contribution in [2.45, 2.75) is 33.6 Å². The predicted octanol–water partition coefficient (Wildman–Crippen LogP) is 6.18. The van der Waals surface area contributed by atoms with Gasteiger partial charge in [-0.3, -0.25) is 0 Å². The lowest BCUT2D eigenvalue weighted by Gasteiger charge is -2.21. The largest absolute Gasteiger partial charge is 0.496 e. The highest BCUT2D eigenvalue weighted by atomic mass is 32.2. The zero-order valence-corrected chi connectivity index (χ0v) is 26.1. The van der Waals surface area contributed by atoms with Crippen LogP contribution in [0.2, 0.25) is 0 Å². The number of ether oxygens (including phenoxy) is 3. The zero-order valence-electron chi connectivity index (χ0n) is 24.5. The van der Waals surface area contributed by atoms with Crippen molar-refractivity contribution in [1.29, 1.82) is 0 Å². The van der Waals surface area contributed by atoms with Gasteiger partial charge in [0, 0.05) is 5.56 Å². The molecule has 41 heavy (non-hydrogen) atoms. The second kappa shape index (κ2) is 12.9. The van der Waals surface area contributed by atoms with E-state index in [2.05, 4.69) is 13.8 Å².